The first-order valence-corrected chi connectivity index (χ1v) is 5.32. The van der Waals surface area contributed by atoms with Crippen LogP contribution in [0.2, 0.25) is 0 Å². The van der Waals surface area contributed by atoms with Crippen LogP contribution in [0.4, 0.5) is 0 Å². The van der Waals surface area contributed by atoms with E-state index in [4.69, 9.17) is 9.47 Å². The normalized spacial score (nSPS) is 37.1. The molecule has 1 aliphatic carbocycles. The quantitative estimate of drug-likeness (QED) is 0.604. The zero-order chi connectivity index (χ0) is 10.3. The minimum atomic E-state index is -0.121. The smallest absolute Gasteiger partial charge is 0.309 e. The third-order valence-corrected chi connectivity index (χ3v) is 2.76. The monoisotopic (exact) mass is 198 g/mol. The van der Waals surface area contributed by atoms with Gasteiger partial charge in [0, 0.05) is 6.42 Å². The number of fused-ring (bicyclic) bond motifs is 2. The van der Waals surface area contributed by atoms with Crippen LogP contribution in [0.15, 0.2) is 0 Å². The van der Waals surface area contributed by atoms with Gasteiger partial charge in [0.05, 0.1) is 17.6 Å². The van der Waals surface area contributed by atoms with Crippen molar-refractivity contribution in [3.63, 3.8) is 0 Å². The number of hydrogen-bond acceptors (Lipinski definition) is 3. The highest BCUT2D eigenvalue weighted by Crippen LogP contribution is 2.36. The summed E-state index contributed by atoms with van der Waals surface area (Å²) in [5.74, 6) is 0.0797. The van der Waals surface area contributed by atoms with Gasteiger partial charge in [-0.2, -0.15) is 0 Å². The van der Waals surface area contributed by atoms with E-state index in [1.54, 1.807) is 0 Å². The van der Waals surface area contributed by atoms with Crippen molar-refractivity contribution in [2.75, 3.05) is 0 Å². The van der Waals surface area contributed by atoms with E-state index in [1.165, 1.54) is 0 Å². The molecule has 0 aromatic carbocycles. The van der Waals surface area contributed by atoms with Crippen molar-refractivity contribution in [2.24, 2.45) is 5.92 Å². The third kappa shape index (κ3) is 2.08. The van der Waals surface area contributed by atoms with Gasteiger partial charge < -0.3 is 9.47 Å². The Morgan fingerprint density at radius 1 is 1.29 bits per heavy atom. The second-order valence-corrected chi connectivity index (χ2v) is 5.32. The lowest BCUT2D eigenvalue weighted by Crippen LogP contribution is -2.33. The van der Waals surface area contributed by atoms with Crippen LogP contribution in [0.3, 0.4) is 0 Å². The minimum absolute atomic E-state index is 0.0185. The molecule has 3 atom stereocenters. The Morgan fingerprint density at radius 2 is 2.00 bits per heavy atom. The Kier molecular flexibility index (Phi) is 2.30. The van der Waals surface area contributed by atoms with E-state index in [2.05, 4.69) is 0 Å². The highest BCUT2D eigenvalue weighted by atomic mass is 16.6. The molecule has 2 rings (SSSR count). The van der Waals surface area contributed by atoms with Gasteiger partial charge >= 0.3 is 5.97 Å². The lowest BCUT2D eigenvalue weighted by molar-refractivity contribution is -0.143. The van der Waals surface area contributed by atoms with Crippen molar-refractivity contribution in [2.45, 2.75) is 57.8 Å². The van der Waals surface area contributed by atoms with Crippen LogP contribution in [-0.4, -0.2) is 23.8 Å². The zero-order valence-electron chi connectivity index (χ0n) is 9.08. The predicted molar refractivity (Wildman–Crippen MR) is 51.8 cm³/mol. The van der Waals surface area contributed by atoms with E-state index in [0.29, 0.717) is 0 Å². The van der Waals surface area contributed by atoms with E-state index in [-0.39, 0.29) is 29.7 Å². The molecule has 3 heteroatoms. The zero-order valence-corrected chi connectivity index (χ0v) is 9.08. The Balaban J connectivity index is 1.95. The summed E-state index contributed by atoms with van der Waals surface area (Å²) in [5.41, 5.74) is -0.121. The molecule has 14 heavy (non-hydrogen) atoms. The summed E-state index contributed by atoms with van der Waals surface area (Å²) >= 11 is 0. The largest absolute Gasteiger partial charge is 0.462 e. The first kappa shape index (κ1) is 9.97. The molecule has 0 radical (unpaired) electrons. The van der Waals surface area contributed by atoms with Gasteiger partial charge in [0.25, 0.3) is 0 Å². The molecule has 1 saturated carbocycles. The van der Waals surface area contributed by atoms with E-state index in [9.17, 15) is 4.79 Å². The maximum atomic E-state index is 11.3. The number of hydrogen-bond donors (Lipinski definition) is 0. The summed E-state index contributed by atoms with van der Waals surface area (Å²) in [6.45, 7) is 6.14. The van der Waals surface area contributed by atoms with E-state index >= 15 is 0 Å². The predicted octanol–water partition coefficient (Wildman–Crippen LogP) is 1.90. The van der Waals surface area contributed by atoms with Crippen molar-refractivity contribution in [1.82, 2.24) is 0 Å². The highest BCUT2D eigenvalue weighted by Gasteiger charge is 2.43. The number of rotatable bonds is 1. The Morgan fingerprint density at radius 3 is 2.57 bits per heavy atom. The Bertz CT molecular complexity index is 241. The topological polar surface area (TPSA) is 35.5 Å². The van der Waals surface area contributed by atoms with Crippen LogP contribution in [0.5, 0.6) is 0 Å². The first-order chi connectivity index (χ1) is 6.44. The van der Waals surface area contributed by atoms with Crippen LogP contribution in [-0.2, 0) is 14.3 Å². The summed E-state index contributed by atoms with van der Waals surface area (Å²) in [7, 11) is 0. The Labute approximate surface area is 84.8 Å². The van der Waals surface area contributed by atoms with Crippen LogP contribution in [0.25, 0.3) is 0 Å². The van der Waals surface area contributed by atoms with Gasteiger partial charge in [-0.05, 0) is 33.6 Å². The molecule has 2 aliphatic rings. The highest BCUT2D eigenvalue weighted by molar-refractivity contribution is 5.75. The van der Waals surface area contributed by atoms with E-state index in [0.717, 1.165) is 19.3 Å². The molecule has 2 fully saturated rings. The molecule has 0 unspecified atom stereocenters. The summed E-state index contributed by atoms with van der Waals surface area (Å²) in [6, 6.07) is 0. The number of carbonyl (C=O) groups excluding carboxylic acids is 1. The summed E-state index contributed by atoms with van der Waals surface area (Å²) in [4.78, 5) is 11.3. The summed E-state index contributed by atoms with van der Waals surface area (Å²) in [6.07, 6.45) is 2.94. The SMILES string of the molecule is CC(C)(C)O[C@H]1C[C@H]2C[C@@H](C1)C(=O)O2. The molecule has 0 spiro atoms. The van der Waals surface area contributed by atoms with Gasteiger partial charge in [-0.15, -0.1) is 0 Å². The van der Waals surface area contributed by atoms with Crippen molar-refractivity contribution in [1.29, 1.82) is 0 Å². The summed E-state index contributed by atoms with van der Waals surface area (Å²) < 4.78 is 11.1. The molecule has 1 saturated heterocycles. The van der Waals surface area contributed by atoms with Gasteiger partial charge in [-0.3, -0.25) is 4.79 Å². The van der Waals surface area contributed by atoms with E-state index < -0.39 is 0 Å². The van der Waals surface area contributed by atoms with E-state index in [1.807, 2.05) is 20.8 Å². The average Bonchev–Trinajstić information content (AvgIpc) is 2.22. The molecule has 1 aliphatic heterocycles. The lowest BCUT2D eigenvalue weighted by atomic mass is 9.88. The fourth-order valence-electron chi connectivity index (χ4n) is 2.36. The van der Waals surface area contributed by atoms with Crippen LogP contribution < -0.4 is 0 Å². The van der Waals surface area contributed by atoms with Crippen molar-refractivity contribution in [3.8, 4) is 0 Å². The van der Waals surface area contributed by atoms with Crippen molar-refractivity contribution >= 4 is 5.97 Å². The molecular formula is C11H18O3. The fraction of sp³-hybridized carbons (Fsp3) is 0.909. The van der Waals surface area contributed by atoms with Crippen molar-refractivity contribution in [3.05, 3.63) is 0 Å². The van der Waals surface area contributed by atoms with Gasteiger partial charge in [0.1, 0.15) is 6.10 Å². The molecular weight excluding hydrogens is 180 g/mol. The number of carbonyl (C=O) groups is 1. The molecule has 0 amide bonds. The molecule has 0 N–H and O–H groups in total. The second kappa shape index (κ2) is 3.23. The minimum Gasteiger partial charge on any atom is -0.462 e. The second-order valence-electron chi connectivity index (χ2n) is 5.32. The van der Waals surface area contributed by atoms with Gasteiger partial charge in [-0.25, -0.2) is 0 Å². The van der Waals surface area contributed by atoms with Gasteiger partial charge in [0.2, 0.25) is 0 Å². The molecule has 0 aromatic heterocycles. The van der Waals surface area contributed by atoms with Gasteiger partial charge in [0.15, 0.2) is 0 Å². The third-order valence-electron chi connectivity index (χ3n) is 2.76. The maximum Gasteiger partial charge on any atom is 0.309 e. The Hall–Kier alpha value is -0.570. The first-order valence-electron chi connectivity index (χ1n) is 5.32. The molecule has 3 nitrogen and oxygen atoms in total. The number of ether oxygens (including phenoxy) is 2. The molecule has 2 bridgehead atoms. The fourth-order valence-corrected chi connectivity index (χ4v) is 2.36. The van der Waals surface area contributed by atoms with Crippen molar-refractivity contribution < 1.29 is 14.3 Å². The van der Waals surface area contributed by atoms with Crippen LogP contribution in [0, 0.1) is 5.92 Å². The van der Waals surface area contributed by atoms with Crippen LogP contribution in [0.1, 0.15) is 40.0 Å². The molecule has 0 aromatic rings. The lowest BCUT2D eigenvalue weighted by Gasteiger charge is -2.31. The average molecular weight is 198 g/mol. The standard InChI is InChI=1S/C11H18O3/c1-11(2,3)14-9-5-7-4-8(6-9)13-10(7)12/h7-9H,4-6H2,1-3H3/t7-,8+,9+/m0/s1. The van der Waals surface area contributed by atoms with Crippen LogP contribution >= 0.6 is 0 Å². The maximum absolute atomic E-state index is 11.3. The molecule has 80 valence electrons. The summed E-state index contributed by atoms with van der Waals surface area (Å²) in [5, 5.41) is 0. The van der Waals surface area contributed by atoms with Gasteiger partial charge in [-0.1, -0.05) is 0 Å². The number of esters is 1. The molecule has 1 heterocycles.